The van der Waals surface area contributed by atoms with Crippen LogP contribution < -0.4 is 21.5 Å². The predicted molar refractivity (Wildman–Crippen MR) is 108 cm³/mol. The minimum Gasteiger partial charge on any atom is -0.354 e. The Morgan fingerprint density at radius 2 is 2.11 bits per heavy atom. The molecule has 5 rings (SSSR count). The zero-order chi connectivity index (χ0) is 19.4. The first-order chi connectivity index (χ1) is 13.5. The smallest absolute Gasteiger partial charge is 0.326 e. The van der Waals surface area contributed by atoms with Gasteiger partial charge in [-0.05, 0) is 18.2 Å². The summed E-state index contributed by atoms with van der Waals surface area (Å²) >= 11 is 7.77. The van der Waals surface area contributed by atoms with Gasteiger partial charge in [0, 0.05) is 43.4 Å². The average molecular weight is 420 g/mol. The second-order valence-electron chi connectivity index (χ2n) is 7.06. The monoisotopic (exact) mass is 419 g/mol. The normalized spacial score (nSPS) is 21.1. The number of aromatic nitrogens is 5. The molecule has 2 saturated heterocycles. The molecule has 11 heteroatoms. The number of anilines is 1. The Kier molecular flexibility index (Phi) is 4.22. The summed E-state index contributed by atoms with van der Waals surface area (Å²) in [6.07, 6.45) is 0.755. The molecule has 0 spiro atoms. The van der Waals surface area contributed by atoms with Crippen LogP contribution in [0.5, 0.6) is 0 Å². The van der Waals surface area contributed by atoms with E-state index >= 15 is 0 Å². The molecule has 0 radical (unpaired) electrons. The van der Waals surface area contributed by atoms with Gasteiger partial charge in [0.1, 0.15) is 11.5 Å². The summed E-state index contributed by atoms with van der Waals surface area (Å²) in [7, 11) is 0. The summed E-state index contributed by atoms with van der Waals surface area (Å²) in [6, 6.07) is 1.80. The van der Waals surface area contributed by atoms with Gasteiger partial charge in [-0.1, -0.05) is 18.5 Å². The van der Waals surface area contributed by atoms with Crippen LogP contribution in [0.15, 0.2) is 25.8 Å². The van der Waals surface area contributed by atoms with Crippen molar-refractivity contribution in [2.75, 3.05) is 24.5 Å². The molecule has 3 aromatic heterocycles. The molecular formula is C17H18ClN7O2S. The van der Waals surface area contributed by atoms with E-state index in [4.69, 9.17) is 16.6 Å². The van der Waals surface area contributed by atoms with Crippen molar-refractivity contribution in [1.29, 1.82) is 0 Å². The van der Waals surface area contributed by atoms with Gasteiger partial charge in [-0.15, -0.1) is 0 Å². The van der Waals surface area contributed by atoms with Crippen molar-refractivity contribution >= 4 is 40.2 Å². The van der Waals surface area contributed by atoms with Crippen LogP contribution in [0.25, 0.3) is 11.0 Å². The van der Waals surface area contributed by atoms with Crippen molar-refractivity contribution < 1.29 is 0 Å². The molecule has 2 fully saturated rings. The highest BCUT2D eigenvalue weighted by Gasteiger charge is 2.40. The largest absolute Gasteiger partial charge is 0.354 e. The second-order valence-corrected chi connectivity index (χ2v) is 8.45. The van der Waals surface area contributed by atoms with Gasteiger partial charge in [0.15, 0.2) is 5.16 Å². The van der Waals surface area contributed by atoms with Gasteiger partial charge >= 0.3 is 5.69 Å². The Bertz CT molecular complexity index is 1150. The molecule has 9 nitrogen and oxygen atoms in total. The van der Waals surface area contributed by atoms with Crippen molar-refractivity contribution in [1.82, 2.24) is 30.2 Å². The van der Waals surface area contributed by atoms with Gasteiger partial charge in [-0.2, -0.15) is 0 Å². The molecule has 146 valence electrons. The molecule has 0 amide bonds. The van der Waals surface area contributed by atoms with Gasteiger partial charge in [0.05, 0.1) is 15.4 Å². The van der Waals surface area contributed by atoms with Crippen molar-refractivity contribution in [3.8, 4) is 0 Å². The van der Waals surface area contributed by atoms with Crippen molar-refractivity contribution in [3.63, 3.8) is 0 Å². The third-order valence-electron chi connectivity index (χ3n) is 5.30. The highest BCUT2D eigenvalue weighted by molar-refractivity contribution is 7.99. The number of nitrogens with one attached hydrogen (secondary N) is 4. The Balaban J connectivity index is 1.62. The first-order valence-electron chi connectivity index (χ1n) is 9.09. The lowest BCUT2D eigenvalue weighted by atomic mass is 9.96. The van der Waals surface area contributed by atoms with Crippen molar-refractivity contribution in [2.45, 2.75) is 29.6 Å². The summed E-state index contributed by atoms with van der Waals surface area (Å²) in [5, 5.41) is 5.75. The fraction of sp³-hybridized carbons (Fsp3) is 0.412. The molecule has 0 saturated carbocycles. The van der Waals surface area contributed by atoms with Gasteiger partial charge in [-0.25, -0.2) is 14.8 Å². The maximum absolute atomic E-state index is 11.6. The molecule has 0 aromatic carbocycles. The van der Waals surface area contributed by atoms with E-state index in [2.05, 4.69) is 30.2 Å². The standard InChI is InChI=1S/C17H18ClN7O2S/c1-2-8-13(18)12-14(20-8)23-17(28-11-3-10(26)21-16(27)22-11)24-15(12)25-5-7-4-19-9(7)6-25/h3,7,9,19H,2,4-6H2,1H3,(H,20,23,24)(H2,21,22,26,27). The summed E-state index contributed by atoms with van der Waals surface area (Å²) in [5.74, 6) is 1.41. The number of hydrogen-bond donors (Lipinski definition) is 4. The lowest BCUT2D eigenvalue weighted by molar-refractivity contribution is 0.297. The molecule has 2 aliphatic heterocycles. The van der Waals surface area contributed by atoms with Gasteiger partial charge in [0.25, 0.3) is 5.56 Å². The summed E-state index contributed by atoms with van der Waals surface area (Å²) in [6.45, 7) is 4.83. The first kappa shape index (κ1) is 17.8. The number of aromatic amines is 3. The number of nitrogens with zero attached hydrogens (tertiary/aromatic N) is 3. The van der Waals surface area contributed by atoms with Crippen molar-refractivity contribution in [3.05, 3.63) is 37.6 Å². The summed E-state index contributed by atoms with van der Waals surface area (Å²) < 4.78 is 0. The van der Waals surface area contributed by atoms with E-state index in [1.807, 2.05) is 6.92 Å². The van der Waals surface area contributed by atoms with Crippen LogP contribution in [0.1, 0.15) is 12.6 Å². The van der Waals surface area contributed by atoms with Crippen molar-refractivity contribution in [2.24, 2.45) is 5.92 Å². The van der Waals surface area contributed by atoms with E-state index in [-0.39, 0.29) is 0 Å². The number of fused-ring (bicyclic) bond motifs is 2. The fourth-order valence-corrected chi connectivity index (χ4v) is 4.94. The molecule has 0 aliphatic carbocycles. The van der Waals surface area contributed by atoms with E-state index in [0.717, 1.165) is 54.7 Å². The van der Waals surface area contributed by atoms with E-state index in [0.29, 0.717) is 32.8 Å². The molecule has 2 unspecified atom stereocenters. The molecule has 2 aliphatic rings. The lowest BCUT2D eigenvalue weighted by Gasteiger charge is -2.29. The maximum atomic E-state index is 11.6. The Morgan fingerprint density at radius 3 is 2.75 bits per heavy atom. The van der Waals surface area contributed by atoms with E-state index in [1.54, 1.807) is 0 Å². The number of halogens is 1. The predicted octanol–water partition coefficient (Wildman–Crippen LogP) is 1.11. The minimum absolute atomic E-state index is 0.385. The second kappa shape index (κ2) is 6.64. The molecule has 3 aromatic rings. The zero-order valence-corrected chi connectivity index (χ0v) is 16.6. The molecule has 5 heterocycles. The van der Waals surface area contributed by atoms with Crippen LogP contribution in [0.3, 0.4) is 0 Å². The minimum atomic E-state index is -0.560. The van der Waals surface area contributed by atoms with Gasteiger partial charge < -0.3 is 20.2 Å². The van der Waals surface area contributed by atoms with Crippen LogP contribution in [0, 0.1) is 5.92 Å². The quantitative estimate of drug-likeness (QED) is 0.369. The average Bonchev–Trinajstić information content (AvgIpc) is 3.10. The Labute approximate surface area is 168 Å². The Morgan fingerprint density at radius 1 is 1.25 bits per heavy atom. The van der Waals surface area contributed by atoms with E-state index < -0.39 is 11.2 Å². The highest BCUT2D eigenvalue weighted by Crippen LogP contribution is 2.38. The van der Waals surface area contributed by atoms with Gasteiger partial charge in [0.2, 0.25) is 0 Å². The topological polar surface area (TPSA) is 123 Å². The third-order valence-corrected chi connectivity index (χ3v) is 6.52. The van der Waals surface area contributed by atoms with Gasteiger partial charge in [-0.3, -0.25) is 9.78 Å². The van der Waals surface area contributed by atoms with Crippen LogP contribution in [-0.4, -0.2) is 50.6 Å². The maximum Gasteiger partial charge on any atom is 0.326 e. The van der Waals surface area contributed by atoms with Crippen LogP contribution in [0.4, 0.5) is 5.82 Å². The Hall–Kier alpha value is -2.30. The first-order valence-corrected chi connectivity index (χ1v) is 10.3. The summed E-state index contributed by atoms with van der Waals surface area (Å²) in [4.78, 5) is 42.8. The molecule has 28 heavy (non-hydrogen) atoms. The number of aryl methyl sites for hydroxylation is 1. The van der Waals surface area contributed by atoms with E-state index in [9.17, 15) is 9.59 Å². The van der Waals surface area contributed by atoms with Crippen LogP contribution >= 0.6 is 23.4 Å². The van der Waals surface area contributed by atoms with Crippen LogP contribution in [0.2, 0.25) is 5.02 Å². The zero-order valence-electron chi connectivity index (χ0n) is 15.0. The summed E-state index contributed by atoms with van der Waals surface area (Å²) in [5.41, 5.74) is 0.550. The van der Waals surface area contributed by atoms with E-state index in [1.165, 1.54) is 6.07 Å². The highest BCUT2D eigenvalue weighted by atomic mass is 35.5. The SMILES string of the molecule is CCc1[nH]c2nc(Sc3cc(=O)[nH]c(=O)[nH]3)nc(N3CC4CNC4C3)c2c1Cl. The van der Waals surface area contributed by atoms with Crippen LogP contribution in [-0.2, 0) is 6.42 Å². The molecular weight excluding hydrogens is 402 g/mol. The third kappa shape index (κ3) is 2.92. The molecule has 0 bridgehead atoms. The lowest BCUT2D eigenvalue weighted by Crippen LogP contribution is -2.51. The number of H-pyrrole nitrogens is 3. The fourth-order valence-electron chi connectivity index (χ4n) is 3.81. The number of hydrogen-bond acceptors (Lipinski definition) is 7. The molecule has 2 atom stereocenters. The number of rotatable bonds is 4. The molecule has 4 N–H and O–H groups in total.